The molecule has 0 amide bonds. The molecule has 0 aliphatic rings. The summed E-state index contributed by atoms with van der Waals surface area (Å²) in [5, 5.41) is 0. The minimum atomic E-state index is 0.255. The van der Waals surface area contributed by atoms with Gasteiger partial charge in [0.2, 0.25) is 0 Å². The zero-order chi connectivity index (χ0) is 9.40. The summed E-state index contributed by atoms with van der Waals surface area (Å²) in [4.78, 5) is 13.8. The monoisotopic (exact) mass is 165 g/mol. The average molecular weight is 165 g/mol. The Hall–Kier alpha value is -1.18. The van der Waals surface area contributed by atoms with Gasteiger partial charge in [-0.3, -0.25) is 4.98 Å². The summed E-state index contributed by atoms with van der Waals surface area (Å²) >= 11 is 0. The first kappa shape index (κ1) is 10.8. The molecule has 0 atom stereocenters. The third kappa shape index (κ3) is 6.93. The summed E-state index contributed by atoms with van der Waals surface area (Å²) in [5.74, 6) is 0.255. The fourth-order valence-corrected chi connectivity index (χ4v) is 0.448. The second-order valence-electron chi connectivity index (χ2n) is 2.53. The molecule has 0 aliphatic heterocycles. The number of Topliss-reactive ketones (excluding diaryl/α,β-unsaturated/α-hetero) is 1. The Balaban J connectivity index is 0.000000217. The van der Waals surface area contributed by atoms with Crippen LogP contribution in [0.5, 0.6) is 0 Å². The molecule has 1 rings (SSSR count). The van der Waals surface area contributed by atoms with Crippen molar-refractivity contribution in [2.45, 2.75) is 27.2 Å². The van der Waals surface area contributed by atoms with E-state index in [0.29, 0.717) is 6.42 Å². The van der Waals surface area contributed by atoms with Gasteiger partial charge in [0.25, 0.3) is 0 Å². The molecule has 0 saturated carbocycles. The predicted octanol–water partition coefficient (Wildman–Crippen LogP) is 2.38. The maximum absolute atomic E-state index is 9.81. The van der Waals surface area contributed by atoms with Crippen molar-refractivity contribution < 1.29 is 4.79 Å². The van der Waals surface area contributed by atoms with Crippen molar-refractivity contribution in [1.82, 2.24) is 4.98 Å². The van der Waals surface area contributed by atoms with Crippen LogP contribution in [0.15, 0.2) is 24.4 Å². The molecule has 0 unspecified atom stereocenters. The Morgan fingerprint density at radius 1 is 1.50 bits per heavy atom. The molecule has 0 fully saturated rings. The highest BCUT2D eigenvalue weighted by atomic mass is 16.1. The highest BCUT2D eigenvalue weighted by Crippen LogP contribution is 1.86. The lowest BCUT2D eigenvalue weighted by Crippen LogP contribution is -1.80. The van der Waals surface area contributed by atoms with Crippen molar-refractivity contribution in [1.29, 1.82) is 0 Å². The van der Waals surface area contributed by atoms with Crippen LogP contribution in [-0.4, -0.2) is 10.8 Å². The Labute approximate surface area is 73.6 Å². The Kier molecular flexibility index (Phi) is 5.88. The molecule has 1 aromatic heterocycles. The number of carbonyl (C=O) groups is 1. The van der Waals surface area contributed by atoms with Crippen molar-refractivity contribution in [2.24, 2.45) is 0 Å². The van der Waals surface area contributed by atoms with Gasteiger partial charge >= 0.3 is 0 Å². The zero-order valence-corrected chi connectivity index (χ0v) is 7.87. The molecule has 0 aromatic carbocycles. The molecule has 0 aliphatic carbocycles. The molecule has 66 valence electrons. The lowest BCUT2D eigenvalue weighted by Gasteiger charge is -1.82. The summed E-state index contributed by atoms with van der Waals surface area (Å²) in [6.07, 6.45) is 2.45. The van der Waals surface area contributed by atoms with Crippen LogP contribution in [-0.2, 0) is 4.79 Å². The van der Waals surface area contributed by atoms with Crippen molar-refractivity contribution in [2.75, 3.05) is 0 Å². The molecule has 2 heteroatoms. The van der Waals surface area contributed by atoms with Crippen molar-refractivity contribution in [3.05, 3.63) is 30.1 Å². The number of aryl methyl sites for hydroxylation is 1. The van der Waals surface area contributed by atoms with E-state index >= 15 is 0 Å². The quantitative estimate of drug-likeness (QED) is 0.639. The van der Waals surface area contributed by atoms with Crippen LogP contribution in [0.4, 0.5) is 0 Å². The Bertz CT molecular complexity index is 219. The number of ketones is 1. The van der Waals surface area contributed by atoms with Crippen LogP contribution in [0.25, 0.3) is 0 Å². The van der Waals surface area contributed by atoms with Crippen LogP contribution in [0.3, 0.4) is 0 Å². The number of carbonyl (C=O) groups excluding carboxylic acids is 1. The first-order valence-electron chi connectivity index (χ1n) is 4.04. The van der Waals surface area contributed by atoms with Crippen LogP contribution in [0, 0.1) is 6.92 Å². The van der Waals surface area contributed by atoms with E-state index in [1.54, 1.807) is 13.1 Å². The number of hydrogen-bond acceptors (Lipinski definition) is 2. The predicted molar refractivity (Wildman–Crippen MR) is 49.9 cm³/mol. The van der Waals surface area contributed by atoms with Gasteiger partial charge in [-0.25, -0.2) is 0 Å². The van der Waals surface area contributed by atoms with Crippen molar-refractivity contribution in [3.63, 3.8) is 0 Å². The van der Waals surface area contributed by atoms with E-state index in [-0.39, 0.29) is 5.78 Å². The van der Waals surface area contributed by atoms with E-state index < -0.39 is 0 Å². The second-order valence-corrected chi connectivity index (χ2v) is 2.53. The topological polar surface area (TPSA) is 30.0 Å². The Morgan fingerprint density at radius 2 is 2.08 bits per heavy atom. The van der Waals surface area contributed by atoms with Gasteiger partial charge in [0.1, 0.15) is 5.78 Å². The van der Waals surface area contributed by atoms with E-state index in [0.717, 1.165) is 5.69 Å². The van der Waals surface area contributed by atoms with Crippen LogP contribution >= 0.6 is 0 Å². The van der Waals surface area contributed by atoms with Gasteiger partial charge in [-0.15, -0.1) is 0 Å². The van der Waals surface area contributed by atoms with Gasteiger partial charge < -0.3 is 4.79 Å². The van der Waals surface area contributed by atoms with Crippen molar-refractivity contribution >= 4 is 5.78 Å². The molecule has 0 N–H and O–H groups in total. The molecule has 1 aromatic rings. The van der Waals surface area contributed by atoms with Gasteiger partial charge in [-0.05, 0) is 26.0 Å². The third-order valence-corrected chi connectivity index (χ3v) is 1.31. The van der Waals surface area contributed by atoms with E-state index in [2.05, 4.69) is 4.98 Å². The molecular formula is C10H15NO. The lowest BCUT2D eigenvalue weighted by atomic mass is 10.4. The van der Waals surface area contributed by atoms with E-state index in [1.165, 1.54) is 0 Å². The molecule has 2 nitrogen and oxygen atoms in total. The van der Waals surface area contributed by atoms with Gasteiger partial charge in [-0.1, -0.05) is 13.0 Å². The van der Waals surface area contributed by atoms with Gasteiger partial charge in [0.05, 0.1) is 0 Å². The maximum Gasteiger partial charge on any atom is 0.129 e. The summed E-state index contributed by atoms with van der Waals surface area (Å²) in [7, 11) is 0. The lowest BCUT2D eigenvalue weighted by molar-refractivity contribution is -0.116. The summed E-state index contributed by atoms with van der Waals surface area (Å²) in [5.41, 5.74) is 1.07. The molecule has 0 radical (unpaired) electrons. The highest BCUT2D eigenvalue weighted by Gasteiger charge is 1.77. The number of hydrogen-bond donors (Lipinski definition) is 0. The number of aromatic nitrogens is 1. The summed E-state index contributed by atoms with van der Waals surface area (Å²) in [6, 6.07) is 5.86. The molecule has 0 spiro atoms. The number of rotatable bonds is 1. The Morgan fingerprint density at radius 3 is 2.25 bits per heavy atom. The van der Waals surface area contributed by atoms with Crippen molar-refractivity contribution in [3.8, 4) is 0 Å². The molecular weight excluding hydrogens is 150 g/mol. The van der Waals surface area contributed by atoms with Crippen LogP contribution in [0.1, 0.15) is 26.0 Å². The second kappa shape index (κ2) is 6.53. The maximum atomic E-state index is 9.81. The SMILES string of the molecule is CCC(C)=O.Cc1ccccn1. The van der Waals surface area contributed by atoms with Crippen LogP contribution in [0.2, 0.25) is 0 Å². The standard InChI is InChI=1S/C6H7N.C4H8O/c1-6-4-2-3-5-7-6;1-3-4(2)5/h2-5H,1H3;3H2,1-2H3. The molecule has 0 bridgehead atoms. The molecule has 0 saturated heterocycles. The first-order chi connectivity index (χ1) is 5.66. The fraction of sp³-hybridized carbons (Fsp3) is 0.400. The van der Waals surface area contributed by atoms with E-state index in [1.807, 2.05) is 32.0 Å². The number of nitrogens with zero attached hydrogens (tertiary/aromatic N) is 1. The normalized spacial score (nSPS) is 8.25. The zero-order valence-electron chi connectivity index (χ0n) is 7.87. The van der Waals surface area contributed by atoms with Gasteiger partial charge in [0, 0.05) is 18.3 Å². The minimum absolute atomic E-state index is 0.255. The largest absolute Gasteiger partial charge is 0.300 e. The fourth-order valence-electron chi connectivity index (χ4n) is 0.448. The average Bonchev–Trinajstić information content (AvgIpc) is 2.07. The minimum Gasteiger partial charge on any atom is -0.300 e. The van der Waals surface area contributed by atoms with E-state index in [4.69, 9.17) is 0 Å². The first-order valence-corrected chi connectivity index (χ1v) is 4.04. The highest BCUT2D eigenvalue weighted by molar-refractivity contribution is 5.74. The summed E-state index contributed by atoms with van der Waals surface area (Å²) in [6.45, 7) is 5.41. The molecule has 12 heavy (non-hydrogen) atoms. The van der Waals surface area contributed by atoms with Gasteiger partial charge in [0.15, 0.2) is 0 Å². The summed E-state index contributed by atoms with van der Waals surface area (Å²) < 4.78 is 0. The van der Waals surface area contributed by atoms with Crippen LogP contribution < -0.4 is 0 Å². The van der Waals surface area contributed by atoms with Gasteiger partial charge in [-0.2, -0.15) is 0 Å². The van der Waals surface area contributed by atoms with E-state index in [9.17, 15) is 4.79 Å². The smallest absolute Gasteiger partial charge is 0.129 e. The number of pyridine rings is 1. The molecule has 1 heterocycles. The third-order valence-electron chi connectivity index (χ3n) is 1.31.